The van der Waals surface area contributed by atoms with E-state index in [9.17, 15) is 8.42 Å². The van der Waals surface area contributed by atoms with Crippen LogP contribution in [0.5, 0.6) is 5.75 Å². The molecule has 0 radical (unpaired) electrons. The number of sulfonamides is 1. The van der Waals surface area contributed by atoms with E-state index in [1.807, 2.05) is 31.2 Å². The molecule has 0 saturated heterocycles. The molecule has 0 bridgehead atoms. The smallest absolute Gasteiger partial charge is 0.253 e. The fourth-order valence-electron chi connectivity index (χ4n) is 2.01. The van der Waals surface area contributed by atoms with E-state index in [4.69, 9.17) is 4.74 Å². The first-order valence-electron chi connectivity index (χ1n) is 6.23. The maximum atomic E-state index is 12.7. The highest BCUT2D eigenvalue weighted by Gasteiger charge is 2.30. The Balaban J connectivity index is 2.40. The van der Waals surface area contributed by atoms with E-state index in [2.05, 4.69) is 15.9 Å². The molecule has 0 saturated carbocycles. The summed E-state index contributed by atoms with van der Waals surface area (Å²) in [7, 11) is -0.388. The molecule has 0 aliphatic heterocycles. The number of nitrogens with zero attached hydrogens (tertiary/aromatic N) is 1. The molecule has 2 aromatic rings. The Hall–Kier alpha value is -0.890. The van der Waals surface area contributed by atoms with Crippen molar-refractivity contribution in [3.8, 4) is 5.75 Å². The van der Waals surface area contributed by atoms with E-state index in [0.29, 0.717) is 14.4 Å². The Morgan fingerprint density at radius 2 is 1.95 bits per heavy atom. The van der Waals surface area contributed by atoms with Crippen molar-refractivity contribution in [1.82, 2.24) is 4.31 Å². The van der Waals surface area contributed by atoms with Crippen LogP contribution in [0, 0.1) is 0 Å². The topological polar surface area (TPSA) is 46.6 Å². The standard InChI is InChI=1S/C14H16BrNO3S2/c1-10(11-6-4-5-7-13(11)19-3)16(2)21(17,18)14-12(15)8-9-20-14/h4-10H,1-3H3. The molecule has 1 heterocycles. The molecule has 0 fully saturated rings. The summed E-state index contributed by atoms with van der Waals surface area (Å²) >= 11 is 4.48. The zero-order valence-corrected chi connectivity index (χ0v) is 15.1. The van der Waals surface area contributed by atoms with Crippen LogP contribution in [0.25, 0.3) is 0 Å². The average molecular weight is 390 g/mol. The lowest BCUT2D eigenvalue weighted by molar-refractivity contribution is 0.367. The predicted octanol–water partition coefficient (Wildman–Crippen LogP) is 3.90. The third-order valence-electron chi connectivity index (χ3n) is 3.33. The molecule has 0 amide bonds. The molecular formula is C14H16BrNO3S2. The van der Waals surface area contributed by atoms with E-state index in [1.54, 1.807) is 25.6 Å². The van der Waals surface area contributed by atoms with Gasteiger partial charge in [0.15, 0.2) is 0 Å². The van der Waals surface area contributed by atoms with Crippen LogP contribution in [0.1, 0.15) is 18.5 Å². The van der Waals surface area contributed by atoms with Gasteiger partial charge < -0.3 is 4.74 Å². The SMILES string of the molecule is COc1ccccc1C(C)N(C)S(=O)(=O)c1sccc1Br. The molecule has 114 valence electrons. The Bertz CT molecular complexity index is 727. The number of rotatable bonds is 5. The third-order valence-corrected chi connectivity index (χ3v) is 7.91. The minimum absolute atomic E-state index is 0.312. The number of para-hydroxylation sites is 1. The van der Waals surface area contributed by atoms with Crippen LogP contribution in [-0.4, -0.2) is 26.9 Å². The second-order valence-electron chi connectivity index (χ2n) is 4.50. The molecule has 1 aromatic heterocycles. The van der Waals surface area contributed by atoms with E-state index in [-0.39, 0.29) is 6.04 Å². The van der Waals surface area contributed by atoms with Crippen molar-refractivity contribution >= 4 is 37.3 Å². The van der Waals surface area contributed by atoms with Crippen molar-refractivity contribution in [1.29, 1.82) is 0 Å². The second kappa shape index (κ2) is 6.48. The van der Waals surface area contributed by atoms with Crippen molar-refractivity contribution in [2.45, 2.75) is 17.2 Å². The maximum absolute atomic E-state index is 12.7. The molecule has 4 nitrogen and oxygen atoms in total. The lowest BCUT2D eigenvalue weighted by Gasteiger charge is -2.25. The Morgan fingerprint density at radius 1 is 1.29 bits per heavy atom. The summed E-state index contributed by atoms with van der Waals surface area (Å²) in [6.07, 6.45) is 0. The molecule has 1 unspecified atom stereocenters. The lowest BCUT2D eigenvalue weighted by atomic mass is 10.1. The van der Waals surface area contributed by atoms with Gasteiger partial charge in [0.05, 0.1) is 13.2 Å². The van der Waals surface area contributed by atoms with Crippen molar-refractivity contribution in [3.63, 3.8) is 0 Å². The van der Waals surface area contributed by atoms with E-state index >= 15 is 0 Å². The van der Waals surface area contributed by atoms with Gasteiger partial charge in [0.25, 0.3) is 10.0 Å². The lowest BCUT2D eigenvalue weighted by Crippen LogP contribution is -2.29. The highest BCUT2D eigenvalue weighted by molar-refractivity contribution is 9.10. The van der Waals surface area contributed by atoms with Crippen molar-refractivity contribution < 1.29 is 13.2 Å². The highest BCUT2D eigenvalue weighted by Crippen LogP contribution is 2.35. The predicted molar refractivity (Wildman–Crippen MR) is 88.4 cm³/mol. The van der Waals surface area contributed by atoms with Crippen LogP contribution in [0.2, 0.25) is 0 Å². The van der Waals surface area contributed by atoms with Gasteiger partial charge in [0.2, 0.25) is 0 Å². The number of halogens is 1. The fourth-order valence-corrected chi connectivity index (χ4v) is 5.83. The highest BCUT2D eigenvalue weighted by atomic mass is 79.9. The number of ether oxygens (including phenoxy) is 1. The van der Waals surface area contributed by atoms with Crippen molar-refractivity contribution in [2.75, 3.05) is 14.2 Å². The summed E-state index contributed by atoms with van der Waals surface area (Å²) < 4.78 is 33.0. The van der Waals surface area contributed by atoms with Crippen LogP contribution < -0.4 is 4.74 Å². The summed E-state index contributed by atoms with van der Waals surface area (Å²) in [5.41, 5.74) is 0.832. The summed E-state index contributed by atoms with van der Waals surface area (Å²) in [5.74, 6) is 0.678. The van der Waals surface area contributed by atoms with Crippen LogP contribution in [0.4, 0.5) is 0 Å². The van der Waals surface area contributed by atoms with Gasteiger partial charge in [-0.25, -0.2) is 8.42 Å². The molecule has 7 heteroatoms. The van der Waals surface area contributed by atoms with Gasteiger partial charge in [-0.2, -0.15) is 4.31 Å². The number of hydrogen-bond donors (Lipinski definition) is 0. The molecule has 1 atom stereocenters. The number of hydrogen-bond acceptors (Lipinski definition) is 4. The summed E-state index contributed by atoms with van der Waals surface area (Å²) in [5, 5.41) is 1.75. The summed E-state index contributed by atoms with van der Waals surface area (Å²) in [6, 6.07) is 8.83. The number of methoxy groups -OCH3 is 1. The Morgan fingerprint density at radius 3 is 2.52 bits per heavy atom. The molecule has 0 N–H and O–H groups in total. The quantitative estimate of drug-likeness (QED) is 0.778. The first kappa shape index (κ1) is 16.5. The number of benzene rings is 1. The normalized spacial score (nSPS) is 13.4. The molecule has 0 spiro atoms. The molecule has 2 rings (SSSR count). The van der Waals surface area contributed by atoms with Gasteiger partial charge in [-0.3, -0.25) is 0 Å². The summed E-state index contributed by atoms with van der Waals surface area (Å²) in [4.78, 5) is 0. The van der Waals surface area contributed by atoms with Crippen LogP contribution in [0.3, 0.4) is 0 Å². The third kappa shape index (κ3) is 3.15. The molecule has 0 aliphatic carbocycles. The average Bonchev–Trinajstić information content (AvgIpc) is 2.92. The van der Waals surface area contributed by atoms with Gasteiger partial charge in [0, 0.05) is 17.1 Å². The van der Waals surface area contributed by atoms with Crippen LogP contribution >= 0.6 is 27.3 Å². The molecule has 1 aromatic carbocycles. The second-order valence-corrected chi connectivity index (χ2v) is 8.46. The van der Waals surface area contributed by atoms with Crippen LogP contribution in [0.15, 0.2) is 44.4 Å². The minimum atomic E-state index is -3.55. The minimum Gasteiger partial charge on any atom is -0.496 e. The van der Waals surface area contributed by atoms with E-state index < -0.39 is 10.0 Å². The van der Waals surface area contributed by atoms with E-state index in [0.717, 1.165) is 5.56 Å². The fraction of sp³-hybridized carbons (Fsp3) is 0.286. The van der Waals surface area contributed by atoms with Gasteiger partial charge in [0.1, 0.15) is 9.96 Å². The van der Waals surface area contributed by atoms with E-state index in [1.165, 1.54) is 15.6 Å². The number of thiophene rings is 1. The van der Waals surface area contributed by atoms with Gasteiger partial charge in [-0.05, 0) is 40.4 Å². The molecular weight excluding hydrogens is 374 g/mol. The summed E-state index contributed by atoms with van der Waals surface area (Å²) in [6.45, 7) is 1.84. The monoisotopic (exact) mass is 389 g/mol. The largest absolute Gasteiger partial charge is 0.496 e. The van der Waals surface area contributed by atoms with Crippen LogP contribution in [-0.2, 0) is 10.0 Å². The van der Waals surface area contributed by atoms with Crippen molar-refractivity contribution in [2.24, 2.45) is 0 Å². The van der Waals surface area contributed by atoms with Gasteiger partial charge in [-0.1, -0.05) is 18.2 Å². The first-order chi connectivity index (χ1) is 9.89. The Labute approximate surface area is 137 Å². The molecule has 21 heavy (non-hydrogen) atoms. The van der Waals surface area contributed by atoms with Crippen molar-refractivity contribution in [3.05, 3.63) is 45.7 Å². The zero-order chi connectivity index (χ0) is 15.6. The van der Waals surface area contributed by atoms with Gasteiger partial charge in [-0.15, -0.1) is 11.3 Å². The first-order valence-corrected chi connectivity index (χ1v) is 9.34. The molecule has 0 aliphatic rings. The van der Waals surface area contributed by atoms with Gasteiger partial charge >= 0.3 is 0 Å². The Kier molecular flexibility index (Phi) is 5.08. The zero-order valence-electron chi connectivity index (χ0n) is 11.9. The maximum Gasteiger partial charge on any atom is 0.253 e.